The van der Waals surface area contributed by atoms with Crippen molar-refractivity contribution in [1.82, 2.24) is 14.9 Å². The number of carbonyl (C=O) groups is 1. The number of nitrogens with one attached hydrogen (secondary N) is 2. The van der Waals surface area contributed by atoms with E-state index in [-0.39, 0.29) is 22.6 Å². The van der Waals surface area contributed by atoms with E-state index >= 15 is 0 Å². The molecule has 178 valence electrons. The minimum atomic E-state index is -0.299. The molecular weight excluding hydrogens is 509 g/mol. The first kappa shape index (κ1) is 24.4. The number of para-hydroxylation sites is 1. The minimum Gasteiger partial charge on any atom is -0.457 e. The molecule has 0 spiro atoms. The number of benzene rings is 3. The molecule has 1 heterocycles. The van der Waals surface area contributed by atoms with E-state index in [2.05, 4.69) is 26.0 Å². The number of nitrogen functional groups attached to an aromatic ring is 1. The van der Waals surface area contributed by atoms with E-state index in [9.17, 15) is 4.79 Å². The van der Waals surface area contributed by atoms with Crippen LogP contribution in [0.2, 0.25) is 10.0 Å². The van der Waals surface area contributed by atoms with Crippen molar-refractivity contribution in [3.8, 4) is 11.5 Å². The summed E-state index contributed by atoms with van der Waals surface area (Å²) in [6, 6.07) is 21.9. The summed E-state index contributed by atoms with van der Waals surface area (Å²) in [7, 11) is 0. The molecule has 4 aromatic rings. The van der Waals surface area contributed by atoms with Crippen molar-refractivity contribution in [3.05, 3.63) is 88.4 Å². The van der Waals surface area contributed by atoms with Crippen LogP contribution in [0.3, 0.4) is 0 Å². The largest absolute Gasteiger partial charge is 0.457 e. The van der Waals surface area contributed by atoms with Gasteiger partial charge in [0.25, 0.3) is 5.95 Å². The first-order valence-electron chi connectivity index (χ1n) is 10.2. The van der Waals surface area contributed by atoms with E-state index in [4.69, 9.17) is 33.8 Å². The SMILES string of the molecule is Nn1c(N/N=C/c2cccc(Oc3ccccc3)c2)nnc1SCC(=O)Nc1cccc(Cl)c1Cl. The summed E-state index contributed by atoms with van der Waals surface area (Å²) < 4.78 is 7.03. The van der Waals surface area contributed by atoms with Crippen LogP contribution in [-0.4, -0.2) is 32.7 Å². The van der Waals surface area contributed by atoms with Crippen molar-refractivity contribution >= 4 is 58.7 Å². The van der Waals surface area contributed by atoms with Crippen LogP contribution >= 0.6 is 35.0 Å². The molecule has 0 fully saturated rings. The van der Waals surface area contributed by atoms with Gasteiger partial charge in [-0.05, 0) is 42.0 Å². The lowest BCUT2D eigenvalue weighted by Crippen LogP contribution is -2.17. The summed E-state index contributed by atoms with van der Waals surface area (Å²) in [6.07, 6.45) is 1.60. The highest BCUT2D eigenvalue weighted by Crippen LogP contribution is 2.29. The summed E-state index contributed by atoms with van der Waals surface area (Å²) >= 11 is 13.2. The average Bonchev–Trinajstić information content (AvgIpc) is 3.21. The minimum absolute atomic E-state index is 0.0374. The lowest BCUT2D eigenvalue weighted by atomic mass is 10.2. The van der Waals surface area contributed by atoms with Gasteiger partial charge in [0, 0.05) is 0 Å². The smallest absolute Gasteiger partial charge is 0.264 e. The standard InChI is InChI=1S/C23H19Cl2N7O2S/c24-18-10-5-11-19(21(18)25)28-20(33)14-35-23-31-30-22(32(23)26)29-27-13-15-6-4-9-17(12-15)34-16-7-2-1-3-8-16/h1-13H,14,26H2,(H,28,33)(H,29,30)/b27-13+. The summed E-state index contributed by atoms with van der Waals surface area (Å²) in [4.78, 5) is 12.3. The highest BCUT2D eigenvalue weighted by molar-refractivity contribution is 7.99. The van der Waals surface area contributed by atoms with E-state index in [1.165, 1.54) is 4.68 Å². The zero-order chi connectivity index (χ0) is 24.6. The summed E-state index contributed by atoms with van der Waals surface area (Å²) in [5.74, 6) is 7.39. The predicted molar refractivity (Wildman–Crippen MR) is 140 cm³/mol. The van der Waals surface area contributed by atoms with Crippen LogP contribution in [0.5, 0.6) is 11.5 Å². The van der Waals surface area contributed by atoms with Gasteiger partial charge in [-0.15, -0.1) is 10.2 Å². The number of anilines is 2. The van der Waals surface area contributed by atoms with Crippen molar-refractivity contribution in [1.29, 1.82) is 0 Å². The van der Waals surface area contributed by atoms with Crippen LogP contribution in [0, 0.1) is 0 Å². The van der Waals surface area contributed by atoms with Crippen molar-refractivity contribution < 1.29 is 9.53 Å². The van der Waals surface area contributed by atoms with Crippen LogP contribution in [0.1, 0.15) is 5.56 Å². The van der Waals surface area contributed by atoms with E-state index in [1.807, 2.05) is 54.6 Å². The summed E-state index contributed by atoms with van der Waals surface area (Å²) in [5.41, 5.74) is 3.97. The third-order valence-corrected chi connectivity index (χ3v) is 6.20. The molecule has 3 aromatic carbocycles. The molecule has 4 N–H and O–H groups in total. The number of halogens is 2. The number of nitrogens with two attached hydrogens (primary N) is 1. The van der Waals surface area contributed by atoms with Crippen LogP contribution in [0.4, 0.5) is 11.6 Å². The Morgan fingerprint density at radius 1 is 1.06 bits per heavy atom. The van der Waals surface area contributed by atoms with Crippen molar-refractivity contribution in [2.75, 3.05) is 22.3 Å². The molecule has 0 atom stereocenters. The lowest BCUT2D eigenvalue weighted by Gasteiger charge is -2.08. The number of thioether (sulfide) groups is 1. The van der Waals surface area contributed by atoms with Gasteiger partial charge in [-0.1, -0.05) is 71.4 Å². The summed E-state index contributed by atoms with van der Waals surface area (Å²) in [6.45, 7) is 0. The molecule has 9 nitrogen and oxygen atoms in total. The fraction of sp³-hybridized carbons (Fsp3) is 0.0435. The number of hydrogen-bond donors (Lipinski definition) is 3. The predicted octanol–water partition coefficient (Wildman–Crippen LogP) is 5.27. The van der Waals surface area contributed by atoms with Crippen molar-refractivity contribution in [2.24, 2.45) is 5.10 Å². The van der Waals surface area contributed by atoms with Crippen LogP contribution in [0.25, 0.3) is 0 Å². The maximum atomic E-state index is 12.3. The van der Waals surface area contributed by atoms with E-state index < -0.39 is 0 Å². The van der Waals surface area contributed by atoms with Gasteiger partial charge in [-0.3, -0.25) is 4.79 Å². The number of hydrazone groups is 1. The number of rotatable bonds is 9. The Morgan fingerprint density at radius 3 is 2.66 bits per heavy atom. The number of ether oxygens (including phenoxy) is 1. The Morgan fingerprint density at radius 2 is 1.83 bits per heavy atom. The molecule has 0 saturated carbocycles. The first-order chi connectivity index (χ1) is 17.0. The molecule has 12 heteroatoms. The molecule has 0 bridgehead atoms. The third-order valence-electron chi connectivity index (χ3n) is 4.44. The number of aromatic nitrogens is 3. The fourth-order valence-corrected chi connectivity index (χ4v) is 3.82. The highest BCUT2D eigenvalue weighted by atomic mass is 35.5. The van der Waals surface area contributed by atoms with E-state index in [1.54, 1.807) is 24.4 Å². The lowest BCUT2D eigenvalue weighted by molar-refractivity contribution is -0.113. The Labute approximate surface area is 215 Å². The molecule has 0 aliphatic carbocycles. The van der Waals surface area contributed by atoms with E-state index in [0.29, 0.717) is 21.6 Å². The maximum Gasteiger partial charge on any atom is 0.264 e. The quantitative estimate of drug-likeness (QED) is 0.117. The third kappa shape index (κ3) is 6.66. The molecule has 0 unspecified atom stereocenters. The Hall–Kier alpha value is -3.73. The molecule has 0 aliphatic rings. The van der Waals surface area contributed by atoms with Crippen molar-refractivity contribution in [3.63, 3.8) is 0 Å². The van der Waals surface area contributed by atoms with Crippen LogP contribution in [-0.2, 0) is 4.79 Å². The van der Waals surface area contributed by atoms with Gasteiger partial charge in [-0.25, -0.2) is 10.1 Å². The Kier molecular flexibility index (Phi) is 8.09. The number of nitrogens with zero attached hydrogens (tertiary/aromatic N) is 4. The second kappa shape index (κ2) is 11.6. The topological polar surface area (TPSA) is 119 Å². The van der Waals surface area contributed by atoms with Gasteiger partial charge in [-0.2, -0.15) is 5.10 Å². The van der Waals surface area contributed by atoms with Crippen molar-refractivity contribution in [2.45, 2.75) is 5.16 Å². The molecule has 0 saturated heterocycles. The van der Waals surface area contributed by atoms with Gasteiger partial charge in [0.05, 0.1) is 27.7 Å². The van der Waals surface area contributed by atoms with Crippen LogP contribution in [0.15, 0.2) is 83.1 Å². The van der Waals surface area contributed by atoms with Gasteiger partial charge in [0.1, 0.15) is 11.5 Å². The maximum absolute atomic E-state index is 12.3. The normalized spacial score (nSPS) is 10.9. The Bertz CT molecular complexity index is 1350. The average molecular weight is 528 g/mol. The molecule has 1 amide bonds. The first-order valence-corrected chi connectivity index (χ1v) is 11.9. The highest BCUT2D eigenvalue weighted by Gasteiger charge is 2.13. The Balaban J connectivity index is 1.31. The number of hydrogen-bond acceptors (Lipinski definition) is 8. The molecule has 4 rings (SSSR count). The summed E-state index contributed by atoms with van der Waals surface area (Å²) in [5, 5.41) is 15.7. The monoisotopic (exact) mass is 527 g/mol. The number of carbonyl (C=O) groups excluding carboxylic acids is 1. The van der Waals surface area contributed by atoms with Crippen LogP contribution < -0.4 is 21.3 Å². The number of amides is 1. The second-order valence-electron chi connectivity index (χ2n) is 6.97. The van der Waals surface area contributed by atoms with Gasteiger partial charge >= 0.3 is 0 Å². The fourth-order valence-electron chi connectivity index (χ4n) is 2.82. The van der Waals surface area contributed by atoms with E-state index in [0.717, 1.165) is 23.1 Å². The van der Waals surface area contributed by atoms with Gasteiger partial charge in [0.15, 0.2) is 0 Å². The molecule has 0 radical (unpaired) electrons. The molecule has 0 aliphatic heterocycles. The molecule has 35 heavy (non-hydrogen) atoms. The molecular formula is C23H19Cl2N7O2S. The zero-order valence-corrected chi connectivity index (χ0v) is 20.4. The molecule has 1 aromatic heterocycles. The van der Waals surface area contributed by atoms with Gasteiger partial charge in [0.2, 0.25) is 11.1 Å². The second-order valence-corrected chi connectivity index (χ2v) is 8.70. The van der Waals surface area contributed by atoms with Gasteiger partial charge < -0.3 is 15.9 Å². The zero-order valence-electron chi connectivity index (χ0n) is 18.1.